The minimum absolute atomic E-state index is 0.151. The SMILES string of the molecule is O=P(O)(O)C1(P(=O)(O)O)CCC2NCC(S)CC21. The highest BCUT2D eigenvalue weighted by Gasteiger charge is 2.69. The molecule has 0 aromatic rings. The lowest BCUT2D eigenvalue weighted by Gasteiger charge is -2.41. The van der Waals surface area contributed by atoms with Gasteiger partial charge < -0.3 is 24.9 Å². The summed E-state index contributed by atoms with van der Waals surface area (Å²) in [5.74, 6) is -0.740. The number of hydrogen-bond donors (Lipinski definition) is 6. The molecule has 1 saturated carbocycles. The maximum Gasteiger partial charge on any atom is 0.344 e. The highest BCUT2D eigenvalue weighted by Crippen LogP contribution is 2.77. The molecule has 106 valence electrons. The van der Waals surface area contributed by atoms with E-state index in [4.69, 9.17) is 0 Å². The first-order valence-corrected chi connectivity index (χ1v) is 9.36. The van der Waals surface area contributed by atoms with Crippen molar-refractivity contribution in [1.29, 1.82) is 0 Å². The Morgan fingerprint density at radius 3 is 2.22 bits per heavy atom. The minimum Gasteiger partial charge on any atom is -0.324 e. The van der Waals surface area contributed by atoms with Crippen molar-refractivity contribution in [1.82, 2.24) is 5.32 Å². The van der Waals surface area contributed by atoms with Crippen molar-refractivity contribution in [3.05, 3.63) is 0 Å². The van der Waals surface area contributed by atoms with E-state index in [0.717, 1.165) is 0 Å². The van der Waals surface area contributed by atoms with Gasteiger partial charge in [-0.3, -0.25) is 9.13 Å². The van der Waals surface area contributed by atoms with Gasteiger partial charge in [0.1, 0.15) is 0 Å². The molecule has 0 spiro atoms. The summed E-state index contributed by atoms with van der Waals surface area (Å²) in [6, 6.07) is -0.256. The van der Waals surface area contributed by atoms with Crippen LogP contribution in [0.15, 0.2) is 0 Å². The molecular formula is C8H17NO6P2S. The molecular weight excluding hydrogens is 300 g/mol. The van der Waals surface area contributed by atoms with E-state index < -0.39 is 26.0 Å². The summed E-state index contributed by atoms with van der Waals surface area (Å²) in [6.45, 7) is 0.586. The van der Waals surface area contributed by atoms with Crippen LogP contribution in [0, 0.1) is 5.92 Å². The third kappa shape index (κ3) is 2.13. The van der Waals surface area contributed by atoms with Crippen molar-refractivity contribution in [2.24, 2.45) is 5.92 Å². The summed E-state index contributed by atoms with van der Waals surface area (Å²) in [7, 11) is -9.84. The largest absolute Gasteiger partial charge is 0.344 e. The van der Waals surface area contributed by atoms with Gasteiger partial charge in [0.25, 0.3) is 0 Å². The Morgan fingerprint density at radius 2 is 1.72 bits per heavy atom. The average molecular weight is 317 g/mol. The van der Waals surface area contributed by atoms with Crippen molar-refractivity contribution in [2.45, 2.75) is 35.5 Å². The lowest BCUT2D eigenvalue weighted by atomic mass is 9.93. The third-order valence-corrected chi connectivity index (χ3v) is 9.14. The quantitative estimate of drug-likeness (QED) is 0.315. The normalized spacial score (nSPS) is 36.4. The van der Waals surface area contributed by atoms with Gasteiger partial charge in [0.05, 0.1) is 0 Å². The summed E-state index contributed by atoms with van der Waals surface area (Å²) in [5, 5.41) is 2.92. The summed E-state index contributed by atoms with van der Waals surface area (Å²) >= 11 is 4.24. The summed E-state index contributed by atoms with van der Waals surface area (Å²) in [4.78, 5) is 35.7. The van der Waals surface area contributed by atoms with E-state index in [9.17, 15) is 28.7 Å². The number of nitrogens with one attached hydrogen (secondary N) is 1. The number of hydrogen-bond acceptors (Lipinski definition) is 4. The zero-order chi connectivity index (χ0) is 13.8. The second-order valence-corrected chi connectivity index (χ2v) is 9.87. The molecule has 2 rings (SSSR count). The fourth-order valence-corrected chi connectivity index (χ4v) is 7.20. The first-order chi connectivity index (χ1) is 8.09. The molecule has 0 aromatic carbocycles. The van der Waals surface area contributed by atoms with Crippen LogP contribution in [0.2, 0.25) is 0 Å². The van der Waals surface area contributed by atoms with Gasteiger partial charge in [-0.05, 0) is 19.3 Å². The van der Waals surface area contributed by atoms with Gasteiger partial charge in [-0.1, -0.05) is 0 Å². The zero-order valence-electron chi connectivity index (χ0n) is 9.51. The maximum absolute atomic E-state index is 11.7. The van der Waals surface area contributed by atoms with Gasteiger partial charge in [0.2, 0.25) is 0 Å². The summed E-state index contributed by atoms with van der Waals surface area (Å²) in [6.07, 6.45) is 0.503. The molecule has 3 atom stereocenters. The number of piperidine rings is 1. The highest BCUT2D eigenvalue weighted by atomic mass is 32.1. The molecule has 10 heteroatoms. The van der Waals surface area contributed by atoms with E-state index >= 15 is 0 Å². The Labute approximate surface area is 110 Å². The Morgan fingerprint density at radius 1 is 1.17 bits per heavy atom. The van der Waals surface area contributed by atoms with Crippen LogP contribution in [0.5, 0.6) is 0 Å². The number of fused-ring (bicyclic) bond motifs is 1. The fraction of sp³-hybridized carbons (Fsp3) is 1.00. The smallest absolute Gasteiger partial charge is 0.324 e. The van der Waals surface area contributed by atoms with Crippen LogP contribution in [0.4, 0.5) is 0 Å². The average Bonchev–Trinajstić information content (AvgIpc) is 2.54. The highest BCUT2D eigenvalue weighted by molar-refractivity contribution is 7.81. The van der Waals surface area contributed by atoms with Crippen LogP contribution >= 0.6 is 27.8 Å². The molecule has 0 aromatic heterocycles. The van der Waals surface area contributed by atoms with Crippen LogP contribution in [0.1, 0.15) is 19.3 Å². The van der Waals surface area contributed by atoms with Gasteiger partial charge in [0.15, 0.2) is 4.90 Å². The molecule has 0 amide bonds. The van der Waals surface area contributed by atoms with Crippen molar-refractivity contribution >= 4 is 27.8 Å². The molecule has 0 radical (unpaired) electrons. The molecule has 1 heterocycles. The lowest BCUT2D eigenvalue weighted by Crippen LogP contribution is -2.49. The van der Waals surface area contributed by atoms with Crippen molar-refractivity contribution < 1.29 is 28.7 Å². The predicted octanol–water partition coefficient (Wildman–Crippen LogP) is 0.108. The maximum atomic E-state index is 11.7. The van der Waals surface area contributed by atoms with Crippen LogP contribution in [-0.4, -0.2) is 42.3 Å². The van der Waals surface area contributed by atoms with Crippen LogP contribution in [0.25, 0.3) is 0 Å². The summed E-state index contributed by atoms with van der Waals surface area (Å²) < 4.78 is 23.4. The van der Waals surface area contributed by atoms with Gasteiger partial charge >= 0.3 is 15.2 Å². The van der Waals surface area contributed by atoms with Crippen molar-refractivity contribution in [2.75, 3.05) is 6.54 Å². The van der Waals surface area contributed by atoms with Gasteiger partial charge in [-0.25, -0.2) is 0 Å². The fourth-order valence-electron chi connectivity index (χ4n) is 3.23. The standard InChI is InChI=1S/C8H17NO6P2S/c10-16(11,12)8(17(13,14)15)2-1-7-6(8)3-5(18)4-9-7/h5-7,9,18H,1-4H2,(H2,10,11,12)(H2,13,14,15). The van der Waals surface area contributed by atoms with Gasteiger partial charge in [-0.15, -0.1) is 0 Å². The van der Waals surface area contributed by atoms with E-state index in [1.165, 1.54) is 0 Å². The molecule has 2 aliphatic rings. The Bertz CT molecular complexity index is 411. The van der Waals surface area contributed by atoms with Crippen molar-refractivity contribution in [3.8, 4) is 0 Å². The first-order valence-electron chi connectivity index (χ1n) is 5.62. The van der Waals surface area contributed by atoms with Gasteiger partial charge in [-0.2, -0.15) is 12.6 Å². The van der Waals surface area contributed by atoms with E-state index in [1.54, 1.807) is 0 Å². The molecule has 2 fully saturated rings. The van der Waals surface area contributed by atoms with Crippen LogP contribution in [0.3, 0.4) is 0 Å². The van der Waals surface area contributed by atoms with E-state index in [-0.39, 0.29) is 17.7 Å². The van der Waals surface area contributed by atoms with E-state index in [2.05, 4.69) is 17.9 Å². The second-order valence-electron chi connectivity index (χ2n) is 5.02. The molecule has 3 unspecified atom stereocenters. The number of thiol groups is 1. The van der Waals surface area contributed by atoms with Crippen LogP contribution in [-0.2, 0) is 9.13 Å². The molecule has 7 nitrogen and oxygen atoms in total. The lowest BCUT2D eigenvalue weighted by molar-refractivity contribution is 0.246. The second kappa shape index (κ2) is 4.57. The zero-order valence-corrected chi connectivity index (χ0v) is 12.2. The first kappa shape index (κ1) is 15.0. The minimum atomic E-state index is -4.92. The molecule has 18 heavy (non-hydrogen) atoms. The molecule has 0 bridgehead atoms. The Hall–Kier alpha value is 0.610. The predicted molar refractivity (Wildman–Crippen MR) is 68.7 cm³/mol. The monoisotopic (exact) mass is 317 g/mol. The van der Waals surface area contributed by atoms with E-state index in [0.29, 0.717) is 19.4 Å². The van der Waals surface area contributed by atoms with Gasteiger partial charge in [0, 0.05) is 23.8 Å². The van der Waals surface area contributed by atoms with Crippen LogP contribution < -0.4 is 5.32 Å². The third-order valence-electron chi connectivity index (χ3n) is 4.05. The van der Waals surface area contributed by atoms with Crippen molar-refractivity contribution in [3.63, 3.8) is 0 Å². The molecule has 1 aliphatic carbocycles. The summed E-state index contributed by atoms with van der Waals surface area (Å²) in [5.41, 5.74) is 0. The van der Waals surface area contributed by atoms with E-state index in [1.807, 2.05) is 0 Å². The molecule has 5 N–H and O–H groups in total. The number of rotatable bonds is 2. The Balaban J connectivity index is 2.49. The molecule has 1 saturated heterocycles. The molecule has 1 aliphatic heterocycles. The topological polar surface area (TPSA) is 127 Å². The Kier molecular flexibility index (Phi) is 3.81.